The topological polar surface area (TPSA) is 62.5 Å². The first kappa shape index (κ1) is 23.2. The fraction of sp³-hybridized carbons (Fsp3) is 0.238. The van der Waals surface area contributed by atoms with Gasteiger partial charge in [-0.1, -0.05) is 23.7 Å². The van der Waals surface area contributed by atoms with Crippen molar-refractivity contribution in [2.24, 2.45) is 4.99 Å². The summed E-state index contributed by atoms with van der Waals surface area (Å²) in [6.07, 6.45) is 3.15. The second-order valence-electron chi connectivity index (χ2n) is 6.21. The third-order valence-electron chi connectivity index (χ3n) is 4.14. The molecular formula is C21H23ClFIN4O. The Balaban J connectivity index is 0.00000300. The molecule has 0 amide bonds. The summed E-state index contributed by atoms with van der Waals surface area (Å²) in [5, 5.41) is 7.27. The van der Waals surface area contributed by atoms with Crippen LogP contribution in [0.4, 0.5) is 4.39 Å². The molecule has 0 saturated heterocycles. The van der Waals surface area contributed by atoms with Crippen LogP contribution in [-0.2, 0) is 12.8 Å². The molecule has 0 aliphatic carbocycles. The average molecular weight is 529 g/mol. The lowest BCUT2D eigenvalue weighted by Gasteiger charge is -2.11. The van der Waals surface area contributed by atoms with Crippen molar-refractivity contribution in [3.8, 4) is 11.5 Å². The van der Waals surface area contributed by atoms with Gasteiger partial charge in [0.2, 0.25) is 5.89 Å². The predicted octanol–water partition coefficient (Wildman–Crippen LogP) is 4.70. The summed E-state index contributed by atoms with van der Waals surface area (Å²) in [6, 6.07) is 13.9. The van der Waals surface area contributed by atoms with Gasteiger partial charge in [-0.05, 0) is 48.4 Å². The summed E-state index contributed by atoms with van der Waals surface area (Å²) in [7, 11) is 1.73. The fourth-order valence-corrected chi connectivity index (χ4v) is 2.91. The molecule has 1 aromatic heterocycles. The molecule has 2 aromatic carbocycles. The molecule has 0 bridgehead atoms. The molecule has 154 valence electrons. The second kappa shape index (κ2) is 11.8. The number of aliphatic imine (C=N–C) groups is 1. The predicted molar refractivity (Wildman–Crippen MR) is 126 cm³/mol. The molecular weight excluding hydrogens is 506 g/mol. The average Bonchev–Trinajstić information content (AvgIpc) is 3.16. The molecule has 3 aromatic rings. The molecule has 8 heteroatoms. The van der Waals surface area contributed by atoms with Gasteiger partial charge in [0.1, 0.15) is 12.1 Å². The zero-order valence-electron chi connectivity index (χ0n) is 16.0. The van der Waals surface area contributed by atoms with E-state index in [0.29, 0.717) is 18.9 Å². The number of benzene rings is 2. The van der Waals surface area contributed by atoms with Gasteiger partial charge < -0.3 is 15.1 Å². The highest BCUT2D eigenvalue weighted by Gasteiger charge is 2.07. The first-order valence-electron chi connectivity index (χ1n) is 9.03. The number of guanidine groups is 1. The van der Waals surface area contributed by atoms with Crippen LogP contribution < -0.4 is 10.6 Å². The third-order valence-corrected chi connectivity index (χ3v) is 4.37. The van der Waals surface area contributed by atoms with Gasteiger partial charge in [-0.25, -0.2) is 9.37 Å². The van der Waals surface area contributed by atoms with Crippen LogP contribution in [0, 0.1) is 5.82 Å². The molecule has 0 saturated carbocycles. The van der Waals surface area contributed by atoms with Crippen molar-refractivity contribution < 1.29 is 8.81 Å². The van der Waals surface area contributed by atoms with E-state index in [0.717, 1.165) is 35.2 Å². The Morgan fingerprint density at radius 3 is 2.52 bits per heavy atom. The molecule has 1 heterocycles. The Bertz CT molecular complexity index is 930. The molecule has 0 atom stereocenters. The molecule has 0 spiro atoms. The van der Waals surface area contributed by atoms with Gasteiger partial charge in [-0.3, -0.25) is 4.99 Å². The number of halogens is 3. The highest BCUT2D eigenvalue weighted by atomic mass is 127. The van der Waals surface area contributed by atoms with Gasteiger partial charge in [-0.2, -0.15) is 0 Å². The maximum absolute atomic E-state index is 13.0. The van der Waals surface area contributed by atoms with Crippen LogP contribution in [0.25, 0.3) is 11.5 Å². The molecule has 29 heavy (non-hydrogen) atoms. The molecule has 0 unspecified atom stereocenters. The number of hydrogen-bond donors (Lipinski definition) is 2. The van der Waals surface area contributed by atoms with E-state index in [2.05, 4.69) is 20.6 Å². The Morgan fingerprint density at radius 1 is 1.10 bits per heavy atom. The van der Waals surface area contributed by atoms with E-state index in [1.54, 1.807) is 25.4 Å². The van der Waals surface area contributed by atoms with E-state index in [1.165, 1.54) is 17.7 Å². The summed E-state index contributed by atoms with van der Waals surface area (Å²) in [4.78, 5) is 8.66. The minimum absolute atomic E-state index is 0. The van der Waals surface area contributed by atoms with Crippen LogP contribution >= 0.6 is 35.6 Å². The van der Waals surface area contributed by atoms with Crippen LogP contribution in [0.15, 0.2) is 64.2 Å². The first-order chi connectivity index (χ1) is 13.6. The SMILES string of the molecule is CN=C(NCCc1cccc(Cl)c1)NCCc1coc(-c2ccc(F)cc2)n1.I. The number of nitrogens with one attached hydrogen (secondary N) is 2. The summed E-state index contributed by atoms with van der Waals surface area (Å²) >= 11 is 6.00. The quantitative estimate of drug-likeness (QED) is 0.265. The molecule has 5 nitrogen and oxygen atoms in total. The fourth-order valence-electron chi connectivity index (χ4n) is 2.69. The van der Waals surface area contributed by atoms with E-state index in [1.807, 2.05) is 24.3 Å². The van der Waals surface area contributed by atoms with Gasteiger partial charge in [0.15, 0.2) is 5.96 Å². The zero-order chi connectivity index (χ0) is 19.8. The van der Waals surface area contributed by atoms with E-state index < -0.39 is 0 Å². The van der Waals surface area contributed by atoms with Crippen LogP contribution in [0.1, 0.15) is 11.3 Å². The van der Waals surface area contributed by atoms with E-state index >= 15 is 0 Å². The van der Waals surface area contributed by atoms with Crippen molar-refractivity contribution in [3.63, 3.8) is 0 Å². The Hall–Kier alpha value is -2.13. The lowest BCUT2D eigenvalue weighted by molar-refractivity contribution is 0.571. The highest BCUT2D eigenvalue weighted by Crippen LogP contribution is 2.19. The van der Waals surface area contributed by atoms with Crippen molar-refractivity contribution in [3.05, 3.63) is 76.9 Å². The normalized spacial score (nSPS) is 11.1. The van der Waals surface area contributed by atoms with Crippen LogP contribution in [-0.4, -0.2) is 31.1 Å². The van der Waals surface area contributed by atoms with Gasteiger partial charge in [0.25, 0.3) is 0 Å². The minimum Gasteiger partial charge on any atom is -0.444 e. The lowest BCUT2D eigenvalue weighted by atomic mass is 10.1. The molecule has 3 rings (SSSR count). The second-order valence-corrected chi connectivity index (χ2v) is 6.64. The standard InChI is InChI=1S/C21H22ClFN4O.HI/c1-24-21(25-11-9-15-3-2-4-17(22)13-15)26-12-10-19-14-28-20(27-19)16-5-7-18(23)8-6-16;/h2-8,13-14H,9-12H2,1H3,(H2,24,25,26);1H. The summed E-state index contributed by atoms with van der Waals surface area (Å²) < 4.78 is 18.5. The van der Waals surface area contributed by atoms with Crippen LogP contribution in [0.3, 0.4) is 0 Å². The van der Waals surface area contributed by atoms with E-state index in [4.69, 9.17) is 16.0 Å². The highest BCUT2D eigenvalue weighted by molar-refractivity contribution is 14.0. The third kappa shape index (κ3) is 7.32. The van der Waals surface area contributed by atoms with Gasteiger partial charge >= 0.3 is 0 Å². The van der Waals surface area contributed by atoms with E-state index in [-0.39, 0.29) is 29.8 Å². The van der Waals surface area contributed by atoms with Crippen molar-refractivity contribution in [1.29, 1.82) is 0 Å². The maximum Gasteiger partial charge on any atom is 0.226 e. The number of oxazole rings is 1. The Labute approximate surface area is 191 Å². The monoisotopic (exact) mass is 528 g/mol. The maximum atomic E-state index is 13.0. The summed E-state index contributed by atoms with van der Waals surface area (Å²) in [5.74, 6) is 0.928. The van der Waals surface area contributed by atoms with Gasteiger partial charge in [-0.15, -0.1) is 24.0 Å². The number of nitrogens with zero attached hydrogens (tertiary/aromatic N) is 2. The zero-order valence-corrected chi connectivity index (χ0v) is 19.1. The van der Waals surface area contributed by atoms with Crippen molar-refractivity contribution in [1.82, 2.24) is 15.6 Å². The van der Waals surface area contributed by atoms with Gasteiger partial charge in [0, 0.05) is 37.1 Å². The van der Waals surface area contributed by atoms with Crippen molar-refractivity contribution >= 4 is 41.5 Å². The largest absolute Gasteiger partial charge is 0.444 e. The smallest absolute Gasteiger partial charge is 0.226 e. The molecule has 0 aliphatic heterocycles. The van der Waals surface area contributed by atoms with Crippen molar-refractivity contribution in [2.75, 3.05) is 20.1 Å². The Morgan fingerprint density at radius 2 is 1.83 bits per heavy atom. The van der Waals surface area contributed by atoms with Gasteiger partial charge in [0.05, 0.1) is 5.69 Å². The molecule has 0 radical (unpaired) electrons. The van der Waals surface area contributed by atoms with Crippen molar-refractivity contribution in [2.45, 2.75) is 12.8 Å². The molecule has 0 fully saturated rings. The van der Waals surface area contributed by atoms with Crippen LogP contribution in [0.5, 0.6) is 0 Å². The molecule has 2 N–H and O–H groups in total. The summed E-state index contributed by atoms with van der Waals surface area (Å²) in [6.45, 7) is 1.41. The Kier molecular flexibility index (Phi) is 9.40. The molecule has 0 aliphatic rings. The number of aromatic nitrogens is 1. The first-order valence-corrected chi connectivity index (χ1v) is 9.41. The minimum atomic E-state index is -0.283. The van der Waals surface area contributed by atoms with E-state index in [9.17, 15) is 4.39 Å². The number of rotatable bonds is 7. The lowest BCUT2D eigenvalue weighted by Crippen LogP contribution is -2.39. The summed E-state index contributed by atoms with van der Waals surface area (Å²) in [5.41, 5.74) is 2.74. The van der Waals surface area contributed by atoms with Crippen LogP contribution in [0.2, 0.25) is 5.02 Å². The number of hydrogen-bond acceptors (Lipinski definition) is 3.